The van der Waals surface area contributed by atoms with Crippen LogP contribution in [0.4, 0.5) is 0 Å². The topological polar surface area (TPSA) is 66.4 Å². The van der Waals surface area contributed by atoms with Gasteiger partial charge < -0.3 is 10.4 Å². The van der Waals surface area contributed by atoms with Crippen molar-refractivity contribution in [2.24, 2.45) is 5.92 Å². The summed E-state index contributed by atoms with van der Waals surface area (Å²) < 4.78 is 0. The number of carbonyl (C=O) groups excluding carboxylic acids is 1. The highest BCUT2D eigenvalue weighted by molar-refractivity contribution is 8.00. The smallest absolute Gasteiger partial charge is 0.308 e. The summed E-state index contributed by atoms with van der Waals surface area (Å²) in [5.41, 5.74) is 0. The van der Waals surface area contributed by atoms with Crippen molar-refractivity contribution >= 4 is 35.2 Å². The Balaban J connectivity index is 2.44. The third-order valence-corrected chi connectivity index (χ3v) is 3.86. The zero-order valence-corrected chi connectivity index (χ0v) is 12.3. The van der Waals surface area contributed by atoms with Crippen molar-refractivity contribution in [2.45, 2.75) is 24.0 Å². The van der Waals surface area contributed by atoms with E-state index in [4.69, 9.17) is 16.7 Å². The summed E-state index contributed by atoms with van der Waals surface area (Å²) in [5.74, 6) is -1.68. The predicted octanol–water partition coefficient (Wildman–Crippen LogP) is 2.66. The molecular weight excluding hydrogens is 286 g/mol. The minimum absolute atomic E-state index is 0.139. The largest absolute Gasteiger partial charge is 0.481 e. The SMILES string of the molecule is CC(CNC(=O)C(C)Sc1ccc(Cl)cc1)C(=O)O. The molecule has 104 valence electrons. The summed E-state index contributed by atoms with van der Waals surface area (Å²) >= 11 is 7.18. The van der Waals surface area contributed by atoms with E-state index in [0.717, 1.165) is 4.90 Å². The zero-order chi connectivity index (χ0) is 14.4. The molecule has 1 amide bonds. The van der Waals surface area contributed by atoms with Gasteiger partial charge in [-0.1, -0.05) is 18.5 Å². The fraction of sp³-hybridized carbons (Fsp3) is 0.385. The number of rotatable bonds is 6. The number of halogens is 1. The van der Waals surface area contributed by atoms with Gasteiger partial charge in [-0.05, 0) is 31.2 Å². The number of amides is 1. The molecule has 4 nitrogen and oxygen atoms in total. The molecule has 1 aromatic rings. The highest BCUT2D eigenvalue weighted by Crippen LogP contribution is 2.24. The molecule has 1 rings (SSSR count). The zero-order valence-electron chi connectivity index (χ0n) is 10.7. The lowest BCUT2D eigenvalue weighted by atomic mass is 10.2. The normalized spacial score (nSPS) is 13.6. The van der Waals surface area contributed by atoms with Gasteiger partial charge in [0.05, 0.1) is 11.2 Å². The molecule has 0 fully saturated rings. The number of benzene rings is 1. The third kappa shape index (κ3) is 5.53. The fourth-order valence-electron chi connectivity index (χ4n) is 1.26. The number of nitrogens with one attached hydrogen (secondary N) is 1. The minimum atomic E-state index is -0.918. The molecule has 6 heteroatoms. The van der Waals surface area contributed by atoms with Gasteiger partial charge in [0, 0.05) is 16.5 Å². The van der Waals surface area contributed by atoms with E-state index in [1.54, 1.807) is 26.0 Å². The number of thioether (sulfide) groups is 1. The Hall–Kier alpha value is -1.20. The quantitative estimate of drug-likeness (QED) is 0.793. The molecule has 1 aromatic carbocycles. The molecule has 19 heavy (non-hydrogen) atoms. The molecule has 2 N–H and O–H groups in total. The molecule has 0 spiro atoms. The van der Waals surface area contributed by atoms with Gasteiger partial charge in [-0.15, -0.1) is 11.8 Å². The second kappa shape index (κ2) is 7.40. The highest BCUT2D eigenvalue weighted by atomic mass is 35.5. The Morgan fingerprint density at radius 2 is 1.89 bits per heavy atom. The van der Waals surface area contributed by atoms with Crippen LogP contribution in [0.15, 0.2) is 29.2 Å². The molecule has 0 heterocycles. The summed E-state index contributed by atoms with van der Waals surface area (Å²) in [4.78, 5) is 23.4. The van der Waals surface area contributed by atoms with Crippen LogP contribution in [0.2, 0.25) is 5.02 Å². The molecule has 2 unspecified atom stereocenters. The Morgan fingerprint density at radius 3 is 2.42 bits per heavy atom. The molecule has 0 bridgehead atoms. The van der Waals surface area contributed by atoms with Crippen molar-refractivity contribution in [2.75, 3.05) is 6.54 Å². The van der Waals surface area contributed by atoms with Gasteiger partial charge in [-0.2, -0.15) is 0 Å². The first kappa shape index (κ1) is 15.9. The average Bonchev–Trinajstić information content (AvgIpc) is 2.37. The molecule has 0 saturated heterocycles. The maximum atomic E-state index is 11.8. The molecule has 0 aliphatic heterocycles. The molecule has 2 atom stereocenters. The number of carboxylic acids is 1. The van der Waals surface area contributed by atoms with Gasteiger partial charge in [0.15, 0.2) is 0 Å². The van der Waals surface area contributed by atoms with Gasteiger partial charge in [-0.25, -0.2) is 0 Å². The van der Waals surface area contributed by atoms with Gasteiger partial charge >= 0.3 is 5.97 Å². The minimum Gasteiger partial charge on any atom is -0.481 e. The van der Waals surface area contributed by atoms with Crippen LogP contribution in [0.3, 0.4) is 0 Å². The fourth-order valence-corrected chi connectivity index (χ4v) is 2.27. The lowest BCUT2D eigenvalue weighted by Crippen LogP contribution is -2.36. The van der Waals surface area contributed by atoms with E-state index in [2.05, 4.69) is 5.32 Å². The van der Waals surface area contributed by atoms with E-state index >= 15 is 0 Å². The Morgan fingerprint density at radius 1 is 1.32 bits per heavy atom. The maximum Gasteiger partial charge on any atom is 0.308 e. The standard InChI is InChI=1S/C13H16ClNO3S/c1-8(13(17)18)7-15-12(16)9(2)19-11-5-3-10(14)4-6-11/h3-6,8-9H,7H2,1-2H3,(H,15,16)(H,17,18). The van der Waals surface area contributed by atoms with E-state index in [9.17, 15) is 9.59 Å². The van der Waals surface area contributed by atoms with Crippen LogP contribution in [0.1, 0.15) is 13.8 Å². The predicted molar refractivity (Wildman–Crippen MR) is 76.6 cm³/mol. The van der Waals surface area contributed by atoms with Gasteiger partial charge in [-0.3, -0.25) is 9.59 Å². The van der Waals surface area contributed by atoms with E-state index < -0.39 is 11.9 Å². The molecule has 0 aromatic heterocycles. The van der Waals surface area contributed by atoms with Crippen LogP contribution in [0, 0.1) is 5.92 Å². The first-order chi connectivity index (χ1) is 8.90. The van der Waals surface area contributed by atoms with E-state index in [0.29, 0.717) is 5.02 Å². The van der Waals surface area contributed by atoms with Gasteiger partial charge in [0.25, 0.3) is 0 Å². The average molecular weight is 302 g/mol. The van der Waals surface area contributed by atoms with Crippen molar-refractivity contribution in [3.05, 3.63) is 29.3 Å². The van der Waals surface area contributed by atoms with Crippen molar-refractivity contribution in [3.63, 3.8) is 0 Å². The van der Waals surface area contributed by atoms with Crippen molar-refractivity contribution in [1.82, 2.24) is 5.32 Å². The van der Waals surface area contributed by atoms with Crippen molar-refractivity contribution in [3.8, 4) is 0 Å². The second-order valence-electron chi connectivity index (χ2n) is 4.20. The van der Waals surface area contributed by atoms with Crippen LogP contribution in [0.5, 0.6) is 0 Å². The molecular formula is C13H16ClNO3S. The first-order valence-electron chi connectivity index (χ1n) is 5.83. The van der Waals surface area contributed by atoms with E-state index in [1.807, 2.05) is 12.1 Å². The van der Waals surface area contributed by atoms with Crippen LogP contribution in [-0.4, -0.2) is 28.8 Å². The number of aliphatic carboxylic acids is 1. The highest BCUT2D eigenvalue weighted by Gasteiger charge is 2.17. The van der Waals surface area contributed by atoms with Crippen LogP contribution >= 0.6 is 23.4 Å². The summed E-state index contributed by atoms with van der Waals surface area (Å²) in [5, 5.41) is 11.7. The summed E-state index contributed by atoms with van der Waals surface area (Å²) in [6, 6.07) is 7.22. The number of hydrogen-bond acceptors (Lipinski definition) is 3. The van der Waals surface area contributed by atoms with Crippen LogP contribution < -0.4 is 5.32 Å². The number of carboxylic acid groups (broad SMARTS) is 1. The lowest BCUT2D eigenvalue weighted by molar-refractivity contribution is -0.141. The van der Waals surface area contributed by atoms with E-state index in [-0.39, 0.29) is 17.7 Å². The summed E-state index contributed by atoms with van der Waals surface area (Å²) in [6.45, 7) is 3.47. The maximum absolute atomic E-state index is 11.8. The van der Waals surface area contributed by atoms with Gasteiger partial charge in [0.2, 0.25) is 5.91 Å². The number of hydrogen-bond donors (Lipinski definition) is 2. The Kier molecular flexibility index (Phi) is 6.18. The molecule has 0 radical (unpaired) electrons. The Bertz CT molecular complexity index is 450. The summed E-state index contributed by atoms with van der Waals surface area (Å²) in [7, 11) is 0. The number of carbonyl (C=O) groups is 2. The van der Waals surface area contributed by atoms with Crippen LogP contribution in [0.25, 0.3) is 0 Å². The lowest BCUT2D eigenvalue weighted by Gasteiger charge is -2.13. The summed E-state index contributed by atoms with van der Waals surface area (Å²) in [6.07, 6.45) is 0. The van der Waals surface area contributed by atoms with Crippen molar-refractivity contribution < 1.29 is 14.7 Å². The molecule has 0 saturated carbocycles. The molecule has 0 aliphatic rings. The molecule has 0 aliphatic carbocycles. The van der Waals surface area contributed by atoms with Crippen LogP contribution in [-0.2, 0) is 9.59 Å². The third-order valence-electron chi connectivity index (χ3n) is 2.50. The van der Waals surface area contributed by atoms with Crippen molar-refractivity contribution in [1.29, 1.82) is 0 Å². The van der Waals surface area contributed by atoms with Gasteiger partial charge in [0.1, 0.15) is 0 Å². The second-order valence-corrected chi connectivity index (χ2v) is 6.05. The Labute approximate surface area is 121 Å². The van der Waals surface area contributed by atoms with E-state index in [1.165, 1.54) is 11.8 Å². The first-order valence-corrected chi connectivity index (χ1v) is 7.08. The monoisotopic (exact) mass is 301 g/mol.